The maximum Gasteiger partial charge on any atom is 0.469 e. The van der Waals surface area contributed by atoms with E-state index >= 15 is 0 Å². The molecule has 0 aliphatic carbocycles. The van der Waals surface area contributed by atoms with Gasteiger partial charge in [-0.25, -0.2) is 19.5 Å². The molecular weight excluding hydrogens is 519 g/mol. The van der Waals surface area contributed by atoms with E-state index in [1.165, 1.54) is 29.6 Å². The second-order valence-corrected chi connectivity index (χ2v) is 9.21. The van der Waals surface area contributed by atoms with Crippen LogP contribution in [0.5, 0.6) is 5.95 Å². The van der Waals surface area contributed by atoms with Crippen molar-refractivity contribution in [2.45, 2.75) is 44.4 Å². The predicted molar refractivity (Wildman–Crippen MR) is 124 cm³/mol. The summed E-state index contributed by atoms with van der Waals surface area (Å²) >= 11 is 0. The lowest BCUT2D eigenvalue weighted by Gasteiger charge is -2.16. The molecule has 3 aromatic rings. The Bertz CT molecular complexity index is 1180. The highest BCUT2D eigenvalue weighted by Crippen LogP contribution is 2.38. The number of nitrogens with two attached hydrogens (primary N) is 2. The highest BCUT2D eigenvalue weighted by Gasteiger charge is 2.45. The number of carbonyl (C=O) groups is 1. The number of aromatic nitrogens is 4. The summed E-state index contributed by atoms with van der Waals surface area (Å²) in [7, 11) is -4.72. The minimum atomic E-state index is -4.72. The Morgan fingerprint density at radius 1 is 1.24 bits per heavy atom. The number of aliphatic carboxylic acids is 1. The zero-order valence-corrected chi connectivity index (χ0v) is 20.6. The van der Waals surface area contributed by atoms with Gasteiger partial charge in [0.2, 0.25) is 0 Å². The number of rotatable bonds is 6. The van der Waals surface area contributed by atoms with E-state index in [1.54, 1.807) is 19.9 Å². The first-order valence-electron chi connectivity index (χ1n) is 10.6. The lowest BCUT2D eigenvalue weighted by atomic mass is 10.1. The van der Waals surface area contributed by atoms with E-state index in [4.69, 9.17) is 36.2 Å². The molecule has 0 amide bonds. The van der Waals surface area contributed by atoms with Crippen LogP contribution in [0.2, 0.25) is 0 Å². The van der Waals surface area contributed by atoms with Crippen molar-refractivity contribution in [3.8, 4) is 5.95 Å². The van der Waals surface area contributed by atoms with Gasteiger partial charge in [-0.1, -0.05) is 13.8 Å². The molecule has 1 saturated heterocycles. The zero-order chi connectivity index (χ0) is 27.9. The molecule has 37 heavy (non-hydrogen) atoms. The molecule has 18 heteroatoms. The molecule has 4 heterocycles. The van der Waals surface area contributed by atoms with Gasteiger partial charge in [-0.2, -0.15) is 0 Å². The maximum absolute atomic E-state index is 10.7. The van der Waals surface area contributed by atoms with Gasteiger partial charge in [0.1, 0.15) is 36.2 Å². The molecule has 0 spiro atoms. The van der Waals surface area contributed by atoms with Crippen LogP contribution in [0.1, 0.15) is 20.1 Å². The Hall–Kier alpha value is -3.15. The highest BCUT2D eigenvalue weighted by atomic mass is 31.2. The fraction of sp³-hybridized carbons (Fsp3) is 0.474. The van der Waals surface area contributed by atoms with Gasteiger partial charge in [-0.3, -0.25) is 13.9 Å². The number of anilines is 1. The summed E-state index contributed by atoms with van der Waals surface area (Å²) in [6, 6.07) is 2.38. The van der Waals surface area contributed by atoms with Gasteiger partial charge in [0, 0.05) is 6.07 Å². The smallest absolute Gasteiger partial charge is 0.469 e. The minimum absolute atomic E-state index is 0.0208. The third-order valence-electron chi connectivity index (χ3n) is 4.91. The second kappa shape index (κ2) is 12.9. The standard InChI is InChI=1S/C10H14N5O7P.C5H11NO2.C4H4O2/c11-8-5-9(13-2-12-8)15(3-14-5)10-7(17)6(16)4(22-10)1-21-23(18,19)20;1-3(2)4(6)5(7)8;5-4-2-1-3-6-4/h2-4,6-7,10,16-17H,1H2,(H2,11,12,13)(H2,18,19,20);3-4H,6H2,1-2H3,(H,7,8);1-3,5H/t4-,6-,7-,10-;4-;/m10./s1. The van der Waals surface area contributed by atoms with Crippen molar-refractivity contribution in [1.82, 2.24) is 19.5 Å². The van der Waals surface area contributed by atoms with Gasteiger partial charge in [0.05, 0.1) is 19.2 Å². The van der Waals surface area contributed by atoms with Gasteiger partial charge >= 0.3 is 13.8 Å². The Morgan fingerprint density at radius 2 is 1.92 bits per heavy atom. The molecular formula is C19H29N6O11P. The van der Waals surface area contributed by atoms with Gasteiger partial charge < -0.3 is 50.8 Å². The first kappa shape index (κ1) is 30.1. The summed E-state index contributed by atoms with van der Waals surface area (Å²) in [6.07, 6.45) is -1.08. The van der Waals surface area contributed by atoms with Crippen molar-refractivity contribution in [1.29, 1.82) is 0 Å². The van der Waals surface area contributed by atoms with E-state index < -0.39 is 51.0 Å². The van der Waals surface area contributed by atoms with Crippen LogP contribution in [-0.4, -0.2) is 86.7 Å². The number of fused-ring (bicyclic) bond motifs is 1. The van der Waals surface area contributed by atoms with Gasteiger partial charge in [0.15, 0.2) is 17.7 Å². The van der Waals surface area contributed by atoms with Crippen LogP contribution in [0.4, 0.5) is 5.82 Å². The van der Waals surface area contributed by atoms with Gasteiger partial charge in [-0.05, 0) is 12.0 Å². The molecule has 0 radical (unpaired) electrons. The molecule has 4 rings (SSSR count). The number of carboxylic acid groups (broad SMARTS) is 1. The monoisotopic (exact) mass is 548 g/mol. The van der Waals surface area contributed by atoms with Crippen LogP contribution in [0, 0.1) is 5.92 Å². The zero-order valence-electron chi connectivity index (χ0n) is 19.7. The summed E-state index contributed by atoms with van der Waals surface area (Å²) < 4.78 is 26.2. The minimum Gasteiger partial charge on any atom is -0.481 e. The Kier molecular flexibility index (Phi) is 10.5. The van der Waals surface area contributed by atoms with Crippen molar-refractivity contribution in [3.05, 3.63) is 31.1 Å². The first-order valence-corrected chi connectivity index (χ1v) is 12.1. The van der Waals surface area contributed by atoms with E-state index in [0.29, 0.717) is 5.52 Å². The van der Waals surface area contributed by atoms with Crippen LogP contribution in [0.25, 0.3) is 11.2 Å². The number of imidazole rings is 1. The quantitative estimate of drug-likeness (QED) is 0.174. The number of nitrogens with zero attached hydrogens (tertiary/aromatic N) is 4. The number of aliphatic hydroxyl groups is 2. The first-order chi connectivity index (χ1) is 17.2. The summed E-state index contributed by atoms with van der Waals surface area (Å²) in [5.41, 5.74) is 11.4. The maximum atomic E-state index is 10.7. The highest BCUT2D eigenvalue weighted by molar-refractivity contribution is 7.46. The molecule has 3 aromatic heterocycles. The molecule has 0 unspecified atom stereocenters. The topological polar surface area (TPSA) is 283 Å². The third kappa shape index (κ3) is 8.44. The summed E-state index contributed by atoms with van der Waals surface area (Å²) in [6.45, 7) is 2.96. The number of carboxylic acids is 1. The number of hydrogen-bond acceptors (Lipinski definition) is 13. The van der Waals surface area contributed by atoms with Crippen molar-refractivity contribution < 1.29 is 53.3 Å². The number of aliphatic hydroxyl groups excluding tert-OH is 2. The Balaban J connectivity index is 0.000000281. The molecule has 0 saturated carbocycles. The van der Waals surface area contributed by atoms with Crippen molar-refractivity contribution in [2.24, 2.45) is 11.7 Å². The van der Waals surface area contributed by atoms with E-state index in [-0.39, 0.29) is 23.3 Å². The summed E-state index contributed by atoms with van der Waals surface area (Å²) in [5.74, 6) is -0.800. The molecule has 1 aliphatic rings. The fourth-order valence-corrected chi connectivity index (χ4v) is 3.22. The van der Waals surface area contributed by atoms with E-state index in [1.807, 2.05) is 0 Å². The molecule has 0 bridgehead atoms. The van der Waals surface area contributed by atoms with Crippen LogP contribution >= 0.6 is 7.82 Å². The van der Waals surface area contributed by atoms with Crippen LogP contribution in [0.15, 0.2) is 35.5 Å². The molecule has 1 fully saturated rings. The van der Waals surface area contributed by atoms with Crippen LogP contribution in [0.3, 0.4) is 0 Å². The van der Waals surface area contributed by atoms with E-state index in [9.17, 15) is 19.6 Å². The number of nitrogen functional groups attached to an aromatic ring is 1. The van der Waals surface area contributed by atoms with Gasteiger partial charge in [-0.15, -0.1) is 0 Å². The van der Waals surface area contributed by atoms with Crippen LogP contribution in [-0.2, 0) is 18.6 Å². The van der Waals surface area contributed by atoms with Crippen molar-refractivity contribution in [3.63, 3.8) is 0 Å². The average Bonchev–Trinajstić information content (AvgIpc) is 3.53. The predicted octanol–water partition coefficient (Wildman–Crippen LogP) is -0.823. The number of aromatic hydroxyl groups is 1. The fourth-order valence-electron chi connectivity index (χ4n) is 2.88. The van der Waals surface area contributed by atoms with Crippen molar-refractivity contribution >= 4 is 30.8 Å². The molecule has 5 atom stereocenters. The third-order valence-corrected chi connectivity index (χ3v) is 5.40. The Morgan fingerprint density at radius 3 is 2.38 bits per heavy atom. The summed E-state index contributed by atoms with van der Waals surface area (Å²) in [5, 5.41) is 36.6. The lowest BCUT2D eigenvalue weighted by molar-refractivity contribution is -0.139. The molecule has 10 N–H and O–H groups in total. The largest absolute Gasteiger partial charge is 0.481 e. The molecule has 17 nitrogen and oxygen atoms in total. The average molecular weight is 548 g/mol. The van der Waals surface area contributed by atoms with Crippen LogP contribution < -0.4 is 11.5 Å². The number of ether oxygens (including phenoxy) is 1. The number of phosphoric acid groups is 1. The number of furan rings is 1. The number of phosphoric ester groups is 1. The van der Waals surface area contributed by atoms with E-state index in [2.05, 4.69) is 23.9 Å². The molecule has 1 aliphatic heterocycles. The second-order valence-electron chi connectivity index (χ2n) is 7.97. The number of hydrogen-bond donors (Lipinski definition) is 8. The SMILES string of the molecule is CC(C)[C@H](N)C(=O)O.Nc1ncnc2c1ncn2[C@@H]1O[C@H](COP(=O)(O)O)[C@@H](O)[C@H]1O.Oc1ccco1. The normalized spacial score (nSPS) is 22.2. The van der Waals surface area contributed by atoms with Gasteiger partial charge in [0.25, 0.3) is 5.95 Å². The Labute approximate surface area is 209 Å². The van der Waals surface area contributed by atoms with Crippen molar-refractivity contribution in [2.75, 3.05) is 12.3 Å². The molecule has 0 aromatic carbocycles. The van der Waals surface area contributed by atoms with E-state index in [0.717, 1.165) is 0 Å². The summed E-state index contributed by atoms with van der Waals surface area (Å²) in [4.78, 5) is 39.2. The lowest BCUT2D eigenvalue weighted by Crippen LogP contribution is -2.34. The molecule has 206 valence electrons.